The lowest BCUT2D eigenvalue weighted by molar-refractivity contribution is -0.115. The first-order valence-electron chi connectivity index (χ1n) is 5.88. The Balaban J connectivity index is 2.23. The van der Waals surface area contributed by atoms with E-state index in [0.717, 1.165) is 5.56 Å². The van der Waals surface area contributed by atoms with Crippen molar-refractivity contribution in [3.05, 3.63) is 57.8 Å². The molecule has 0 aliphatic rings. The smallest absolute Gasteiger partial charge is 0.337 e. The number of benzene rings is 1. The quantitative estimate of drug-likeness (QED) is 0.904. The topological polar surface area (TPSA) is 79.3 Å². The molecule has 1 aromatic heterocycles. The van der Waals surface area contributed by atoms with E-state index in [0.29, 0.717) is 0 Å². The number of carboxylic acid groups (broad SMARTS) is 1. The molecule has 2 rings (SSSR count). The van der Waals surface area contributed by atoms with Crippen LogP contribution in [0.25, 0.3) is 0 Å². The van der Waals surface area contributed by atoms with Gasteiger partial charge in [-0.05, 0) is 29.8 Å². The summed E-state index contributed by atoms with van der Waals surface area (Å²) in [6.45, 7) is 0. The largest absolute Gasteiger partial charge is 0.478 e. The molecule has 0 saturated carbocycles. The van der Waals surface area contributed by atoms with Crippen LogP contribution in [0.4, 0.5) is 5.69 Å². The monoisotopic (exact) mass is 324 g/mol. The summed E-state index contributed by atoms with van der Waals surface area (Å²) in [5.74, 6) is -1.61. The van der Waals surface area contributed by atoms with Gasteiger partial charge >= 0.3 is 5.97 Å². The number of halogens is 2. The molecule has 2 N–H and O–H groups in total. The number of nitrogens with zero attached hydrogens (tertiary/aromatic N) is 1. The summed E-state index contributed by atoms with van der Waals surface area (Å²) in [5.41, 5.74) is 0.632. The van der Waals surface area contributed by atoms with E-state index in [1.54, 1.807) is 24.5 Å². The number of pyridine rings is 1. The molecule has 108 valence electrons. The summed E-state index contributed by atoms with van der Waals surface area (Å²) in [6, 6.07) is 6.00. The van der Waals surface area contributed by atoms with Gasteiger partial charge in [0.1, 0.15) is 0 Å². The molecule has 2 aromatic rings. The molecule has 7 heteroatoms. The van der Waals surface area contributed by atoms with Crippen molar-refractivity contribution >= 4 is 40.8 Å². The van der Waals surface area contributed by atoms with Gasteiger partial charge in [0.2, 0.25) is 5.91 Å². The molecular formula is C14H10Cl2N2O3. The van der Waals surface area contributed by atoms with Gasteiger partial charge in [-0.15, -0.1) is 0 Å². The highest BCUT2D eigenvalue weighted by Crippen LogP contribution is 2.30. The van der Waals surface area contributed by atoms with Crippen molar-refractivity contribution in [1.82, 2.24) is 4.98 Å². The predicted octanol–water partition coefficient (Wildman–Crippen LogP) is 3.27. The van der Waals surface area contributed by atoms with E-state index in [1.165, 1.54) is 12.1 Å². The number of carboxylic acids is 1. The number of hydrogen-bond acceptors (Lipinski definition) is 3. The second kappa shape index (κ2) is 6.56. The first-order chi connectivity index (χ1) is 9.97. The van der Waals surface area contributed by atoms with E-state index in [2.05, 4.69) is 10.3 Å². The lowest BCUT2D eigenvalue weighted by Crippen LogP contribution is -2.17. The van der Waals surface area contributed by atoms with Gasteiger partial charge in [0.05, 0.1) is 22.7 Å². The Morgan fingerprint density at radius 3 is 2.48 bits per heavy atom. The highest BCUT2D eigenvalue weighted by atomic mass is 35.5. The van der Waals surface area contributed by atoms with E-state index in [1.807, 2.05) is 0 Å². The number of nitrogens with one attached hydrogen (secondary N) is 1. The van der Waals surface area contributed by atoms with Crippen molar-refractivity contribution in [2.75, 3.05) is 5.32 Å². The summed E-state index contributed by atoms with van der Waals surface area (Å²) >= 11 is 11.7. The number of carbonyl (C=O) groups excluding carboxylic acids is 1. The fourth-order valence-corrected chi connectivity index (χ4v) is 2.28. The maximum Gasteiger partial charge on any atom is 0.337 e. The fraction of sp³-hybridized carbons (Fsp3) is 0.0714. The fourth-order valence-electron chi connectivity index (χ4n) is 1.74. The number of amides is 1. The third-order valence-electron chi connectivity index (χ3n) is 2.66. The van der Waals surface area contributed by atoms with E-state index >= 15 is 0 Å². The van der Waals surface area contributed by atoms with Gasteiger partial charge in [0.15, 0.2) is 0 Å². The van der Waals surface area contributed by atoms with Crippen LogP contribution < -0.4 is 5.32 Å². The molecule has 0 radical (unpaired) electrons. The normalized spacial score (nSPS) is 10.2. The van der Waals surface area contributed by atoms with Gasteiger partial charge in [-0.2, -0.15) is 0 Å². The molecule has 1 aromatic carbocycles. The van der Waals surface area contributed by atoms with Crippen molar-refractivity contribution in [2.45, 2.75) is 6.42 Å². The molecule has 0 atom stereocenters. The highest BCUT2D eigenvalue weighted by molar-refractivity contribution is 6.37. The minimum Gasteiger partial charge on any atom is -0.478 e. The van der Waals surface area contributed by atoms with Gasteiger partial charge in [-0.1, -0.05) is 23.2 Å². The van der Waals surface area contributed by atoms with Crippen LogP contribution in [0.3, 0.4) is 0 Å². The Kier molecular flexibility index (Phi) is 4.77. The van der Waals surface area contributed by atoms with Gasteiger partial charge < -0.3 is 10.4 Å². The average molecular weight is 325 g/mol. The van der Waals surface area contributed by atoms with Crippen LogP contribution >= 0.6 is 23.2 Å². The molecule has 0 saturated heterocycles. The molecule has 0 unspecified atom stereocenters. The molecule has 0 aliphatic heterocycles. The third-order valence-corrected chi connectivity index (χ3v) is 3.18. The highest BCUT2D eigenvalue weighted by Gasteiger charge is 2.17. The number of hydrogen-bond donors (Lipinski definition) is 2. The van der Waals surface area contributed by atoms with Gasteiger partial charge in [0.25, 0.3) is 0 Å². The number of anilines is 1. The number of rotatable bonds is 4. The third kappa shape index (κ3) is 3.93. The Hall–Kier alpha value is -2.11. The van der Waals surface area contributed by atoms with Gasteiger partial charge in [-0.25, -0.2) is 4.79 Å². The molecule has 1 amide bonds. The van der Waals surface area contributed by atoms with Crippen molar-refractivity contribution < 1.29 is 14.7 Å². The summed E-state index contributed by atoms with van der Waals surface area (Å²) in [5, 5.41) is 11.9. The Morgan fingerprint density at radius 2 is 1.86 bits per heavy atom. The number of aromatic carboxylic acids is 1. The van der Waals surface area contributed by atoms with Crippen molar-refractivity contribution in [3.8, 4) is 0 Å². The van der Waals surface area contributed by atoms with E-state index < -0.39 is 5.97 Å². The SMILES string of the molecule is O=C(Cc1ccncc1)Nc1c(Cl)cc(Cl)cc1C(=O)O. The van der Waals surface area contributed by atoms with Crippen molar-refractivity contribution in [1.29, 1.82) is 0 Å². The van der Waals surface area contributed by atoms with Crippen molar-refractivity contribution in [3.63, 3.8) is 0 Å². The summed E-state index contributed by atoms with van der Waals surface area (Å²) in [6.07, 6.45) is 3.22. The second-order valence-electron chi connectivity index (χ2n) is 4.20. The first-order valence-corrected chi connectivity index (χ1v) is 6.64. The first kappa shape index (κ1) is 15.3. The summed E-state index contributed by atoms with van der Waals surface area (Å²) in [7, 11) is 0. The number of aromatic nitrogens is 1. The summed E-state index contributed by atoms with van der Waals surface area (Å²) in [4.78, 5) is 27.0. The molecule has 0 spiro atoms. The Labute approximate surface area is 130 Å². The second-order valence-corrected chi connectivity index (χ2v) is 5.04. The van der Waals surface area contributed by atoms with E-state index in [4.69, 9.17) is 28.3 Å². The summed E-state index contributed by atoms with van der Waals surface area (Å²) < 4.78 is 0. The molecule has 21 heavy (non-hydrogen) atoms. The molecule has 0 fully saturated rings. The lowest BCUT2D eigenvalue weighted by atomic mass is 10.1. The van der Waals surface area contributed by atoms with Crippen LogP contribution in [0.15, 0.2) is 36.7 Å². The van der Waals surface area contributed by atoms with E-state index in [-0.39, 0.29) is 33.6 Å². The van der Waals surface area contributed by atoms with Crippen LogP contribution in [-0.4, -0.2) is 22.0 Å². The zero-order valence-corrected chi connectivity index (χ0v) is 12.1. The van der Waals surface area contributed by atoms with Crippen LogP contribution in [-0.2, 0) is 11.2 Å². The van der Waals surface area contributed by atoms with E-state index in [9.17, 15) is 9.59 Å². The maximum atomic E-state index is 12.0. The molecule has 0 aliphatic carbocycles. The Bertz CT molecular complexity index is 690. The van der Waals surface area contributed by atoms with Crippen LogP contribution in [0.2, 0.25) is 10.0 Å². The predicted molar refractivity (Wildman–Crippen MR) is 80.0 cm³/mol. The average Bonchev–Trinajstić information content (AvgIpc) is 2.42. The lowest BCUT2D eigenvalue weighted by Gasteiger charge is -2.11. The molecule has 5 nitrogen and oxygen atoms in total. The molecule has 0 bridgehead atoms. The van der Waals surface area contributed by atoms with Crippen molar-refractivity contribution in [2.24, 2.45) is 0 Å². The minimum atomic E-state index is -1.22. The molecule has 1 heterocycles. The van der Waals surface area contributed by atoms with Gasteiger partial charge in [-0.3, -0.25) is 9.78 Å². The maximum absolute atomic E-state index is 12.0. The molecular weight excluding hydrogens is 315 g/mol. The zero-order valence-electron chi connectivity index (χ0n) is 10.6. The van der Waals surface area contributed by atoms with Crippen LogP contribution in [0, 0.1) is 0 Å². The van der Waals surface area contributed by atoms with Crippen LogP contribution in [0.5, 0.6) is 0 Å². The standard InChI is InChI=1S/C14H10Cl2N2O3/c15-9-6-10(14(20)21)13(11(16)7-9)18-12(19)5-8-1-3-17-4-2-8/h1-4,6-7H,5H2,(H,18,19)(H,20,21). The van der Waals surface area contributed by atoms with Gasteiger partial charge in [0, 0.05) is 17.4 Å². The number of carbonyl (C=O) groups is 2. The zero-order chi connectivity index (χ0) is 15.4. The Morgan fingerprint density at radius 1 is 1.19 bits per heavy atom. The minimum absolute atomic E-state index is 0.0348. The van der Waals surface area contributed by atoms with Crippen LogP contribution in [0.1, 0.15) is 15.9 Å².